The van der Waals surface area contributed by atoms with Crippen LogP contribution in [0.4, 0.5) is 0 Å². The van der Waals surface area contributed by atoms with E-state index in [0.29, 0.717) is 22.1 Å². The predicted molar refractivity (Wildman–Crippen MR) is 83.5 cm³/mol. The molecule has 0 amide bonds. The van der Waals surface area contributed by atoms with Crippen LogP contribution in [0.5, 0.6) is 11.5 Å². The van der Waals surface area contributed by atoms with Crippen LogP contribution in [0.2, 0.25) is 10.0 Å². The van der Waals surface area contributed by atoms with Crippen molar-refractivity contribution in [1.29, 1.82) is 5.41 Å². The molecule has 0 saturated heterocycles. The Morgan fingerprint density at radius 3 is 2.15 bits per heavy atom. The Morgan fingerprint density at radius 1 is 1.05 bits per heavy atom. The Hall–Kier alpha value is -1.71. The van der Waals surface area contributed by atoms with Gasteiger partial charge in [-0.2, -0.15) is 0 Å². The molecule has 2 aromatic rings. The lowest BCUT2D eigenvalue weighted by Crippen LogP contribution is -2.11. The quantitative estimate of drug-likeness (QED) is 0.638. The van der Waals surface area contributed by atoms with Crippen molar-refractivity contribution < 1.29 is 4.74 Å². The van der Waals surface area contributed by atoms with E-state index < -0.39 is 0 Å². The third-order valence-corrected chi connectivity index (χ3v) is 3.79. The fourth-order valence-corrected chi connectivity index (χ4v) is 2.26. The van der Waals surface area contributed by atoms with Crippen molar-refractivity contribution in [2.75, 3.05) is 0 Å². The topological polar surface area (TPSA) is 59.1 Å². The predicted octanol–water partition coefficient (Wildman–Crippen LogP) is 4.69. The van der Waals surface area contributed by atoms with E-state index >= 15 is 0 Å². The van der Waals surface area contributed by atoms with Crippen molar-refractivity contribution in [3.63, 3.8) is 0 Å². The van der Waals surface area contributed by atoms with E-state index in [1.165, 1.54) is 0 Å². The number of aryl methyl sites for hydroxylation is 2. The van der Waals surface area contributed by atoms with Gasteiger partial charge in [0.1, 0.15) is 17.3 Å². The number of benzene rings is 2. The molecule has 0 atom stereocenters. The molecule has 2 aromatic carbocycles. The number of nitrogens with two attached hydrogens (primary N) is 1. The summed E-state index contributed by atoms with van der Waals surface area (Å²) in [5.74, 6) is 1.21. The van der Waals surface area contributed by atoms with Crippen molar-refractivity contribution >= 4 is 29.0 Å². The van der Waals surface area contributed by atoms with Crippen LogP contribution in [0.1, 0.15) is 16.7 Å². The number of nitrogens with one attached hydrogen (secondary N) is 1. The molecule has 5 heteroatoms. The Morgan fingerprint density at radius 2 is 1.65 bits per heavy atom. The van der Waals surface area contributed by atoms with Gasteiger partial charge < -0.3 is 10.5 Å². The van der Waals surface area contributed by atoms with Crippen molar-refractivity contribution in [3.8, 4) is 11.5 Å². The van der Waals surface area contributed by atoms with E-state index in [-0.39, 0.29) is 5.84 Å². The van der Waals surface area contributed by atoms with Gasteiger partial charge in [-0.3, -0.25) is 5.41 Å². The summed E-state index contributed by atoms with van der Waals surface area (Å²) in [5, 5.41) is 8.51. The minimum absolute atomic E-state index is 0.0697. The fourth-order valence-electron chi connectivity index (χ4n) is 1.88. The van der Waals surface area contributed by atoms with E-state index in [0.717, 1.165) is 16.1 Å². The second-order valence-corrected chi connectivity index (χ2v) is 5.31. The molecule has 0 unspecified atom stereocenters. The number of hydrogen-bond acceptors (Lipinski definition) is 2. The molecular formula is C15H14Cl2N2O. The number of hydrogen-bond donors (Lipinski definition) is 2. The molecule has 0 aliphatic heterocycles. The highest BCUT2D eigenvalue weighted by Crippen LogP contribution is 2.31. The van der Waals surface area contributed by atoms with Crippen molar-refractivity contribution in [2.24, 2.45) is 5.73 Å². The van der Waals surface area contributed by atoms with Crippen LogP contribution in [0.25, 0.3) is 0 Å². The average molecular weight is 309 g/mol. The van der Waals surface area contributed by atoms with Crippen LogP contribution in [0.15, 0.2) is 30.3 Å². The molecule has 0 aliphatic carbocycles. The van der Waals surface area contributed by atoms with Gasteiger partial charge in [0, 0.05) is 16.7 Å². The number of rotatable bonds is 3. The molecule has 20 heavy (non-hydrogen) atoms. The normalized spacial score (nSPS) is 10.4. The summed E-state index contributed by atoms with van der Waals surface area (Å²) in [7, 11) is 0. The molecule has 0 saturated carbocycles. The molecule has 0 spiro atoms. The molecule has 0 radical (unpaired) electrons. The van der Waals surface area contributed by atoms with Crippen molar-refractivity contribution in [2.45, 2.75) is 13.8 Å². The molecule has 3 nitrogen and oxygen atoms in total. The maximum atomic E-state index is 7.39. The number of amidine groups is 1. The van der Waals surface area contributed by atoms with Crippen LogP contribution < -0.4 is 10.5 Å². The Labute approximate surface area is 127 Å². The van der Waals surface area contributed by atoms with Gasteiger partial charge in [0.2, 0.25) is 0 Å². The Balaban J connectivity index is 2.31. The highest BCUT2D eigenvalue weighted by molar-refractivity contribution is 6.34. The lowest BCUT2D eigenvalue weighted by molar-refractivity contribution is 0.482. The largest absolute Gasteiger partial charge is 0.457 e. The lowest BCUT2D eigenvalue weighted by atomic mass is 10.1. The van der Waals surface area contributed by atoms with Crippen molar-refractivity contribution in [3.05, 3.63) is 57.1 Å². The summed E-state index contributed by atoms with van der Waals surface area (Å²) in [5.41, 5.74) is 7.81. The van der Waals surface area contributed by atoms with Gasteiger partial charge in [-0.25, -0.2) is 0 Å². The van der Waals surface area contributed by atoms with Gasteiger partial charge in [-0.15, -0.1) is 0 Å². The van der Waals surface area contributed by atoms with Crippen LogP contribution in [0, 0.1) is 19.3 Å². The van der Waals surface area contributed by atoms with Gasteiger partial charge in [0.05, 0.1) is 5.02 Å². The number of halogens is 2. The summed E-state index contributed by atoms with van der Waals surface area (Å²) in [6, 6.07) is 8.75. The monoisotopic (exact) mass is 308 g/mol. The molecule has 0 bridgehead atoms. The smallest absolute Gasteiger partial charge is 0.128 e. The average Bonchev–Trinajstić information content (AvgIpc) is 2.35. The molecule has 2 rings (SSSR count). The van der Waals surface area contributed by atoms with Gasteiger partial charge in [0.15, 0.2) is 0 Å². The van der Waals surface area contributed by atoms with E-state index in [2.05, 4.69) is 0 Å². The minimum atomic E-state index is -0.0697. The van der Waals surface area contributed by atoms with Crippen LogP contribution in [-0.2, 0) is 0 Å². The Bertz CT molecular complexity index is 661. The first-order chi connectivity index (χ1) is 9.38. The highest BCUT2D eigenvalue weighted by atomic mass is 35.5. The van der Waals surface area contributed by atoms with Crippen LogP contribution in [-0.4, -0.2) is 5.84 Å². The summed E-state index contributed by atoms with van der Waals surface area (Å²) in [6.45, 7) is 3.85. The van der Waals surface area contributed by atoms with Gasteiger partial charge in [0.25, 0.3) is 0 Å². The number of nitrogen functional groups attached to an aromatic ring is 1. The van der Waals surface area contributed by atoms with E-state index in [4.69, 9.17) is 39.1 Å². The third kappa shape index (κ3) is 3.06. The second kappa shape index (κ2) is 5.73. The van der Waals surface area contributed by atoms with E-state index in [1.807, 2.05) is 26.0 Å². The molecule has 0 aliphatic rings. The minimum Gasteiger partial charge on any atom is -0.457 e. The van der Waals surface area contributed by atoms with Crippen molar-refractivity contribution in [1.82, 2.24) is 0 Å². The first-order valence-electron chi connectivity index (χ1n) is 5.97. The molecule has 104 valence electrons. The first kappa shape index (κ1) is 14.7. The van der Waals surface area contributed by atoms with Gasteiger partial charge >= 0.3 is 0 Å². The zero-order valence-corrected chi connectivity index (χ0v) is 12.6. The molecule has 0 aromatic heterocycles. The maximum absolute atomic E-state index is 7.39. The first-order valence-corrected chi connectivity index (χ1v) is 6.72. The highest BCUT2D eigenvalue weighted by Gasteiger charge is 2.08. The summed E-state index contributed by atoms with van der Waals surface area (Å²) < 4.78 is 5.76. The molecule has 0 heterocycles. The van der Waals surface area contributed by atoms with Crippen LogP contribution in [0.3, 0.4) is 0 Å². The molecule has 0 fully saturated rings. The number of ether oxygens (including phenoxy) is 1. The second-order valence-electron chi connectivity index (χ2n) is 4.53. The summed E-state index contributed by atoms with van der Waals surface area (Å²) >= 11 is 12.2. The van der Waals surface area contributed by atoms with Gasteiger partial charge in [-0.1, -0.05) is 23.2 Å². The molecular weight excluding hydrogens is 295 g/mol. The fraction of sp³-hybridized carbons (Fsp3) is 0.133. The maximum Gasteiger partial charge on any atom is 0.128 e. The summed E-state index contributed by atoms with van der Waals surface area (Å²) in [4.78, 5) is 0. The van der Waals surface area contributed by atoms with E-state index in [9.17, 15) is 0 Å². The van der Waals surface area contributed by atoms with E-state index in [1.54, 1.807) is 18.2 Å². The van der Waals surface area contributed by atoms with Crippen LogP contribution >= 0.6 is 23.2 Å². The standard InChI is InChI=1S/C15H14Cl2N2O/c1-8-5-11(6-9(2)14(8)17)20-10-3-4-12(15(18)19)13(16)7-10/h3-7H,1-2H3,(H3,18,19). The van der Waals surface area contributed by atoms with Gasteiger partial charge in [-0.05, 0) is 49.2 Å². The SMILES string of the molecule is Cc1cc(Oc2ccc(C(=N)N)c(Cl)c2)cc(C)c1Cl. The Kier molecular flexibility index (Phi) is 4.21. The zero-order valence-electron chi connectivity index (χ0n) is 11.1. The third-order valence-electron chi connectivity index (χ3n) is 2.88. The zero-order chi connectivity index (χ0) is 14.9. The lowest BCUT2D eigenvalue weighted by Gasteiger charge is -2.11. The summed E-state index contributed by atoms with van der Waals surface area (Å²) in [6.07, 6.45) is 0. The molecule has 3 N–H and O–H groups in total.